The maximum absolute atomic E-state index is 12.6. The second-order valence-electron chi connectivity index (χ2n) is 8.18. The minimum Gasteiger partial charge on any atom is -0.307 e. The number of hydrogen-bond acceptors (Lipinski definition) is 4. The molecule has 7 heteroatoms. The summed E-state index contributed by atoms with van der Waals surface area (Å²) in [6.45, 7) is 11.4. The number of amides is 2. The molecule has 2 aromatic rings. The molecule has 0 atom stereocenters. The van der Waals surface area contributed by atoms with Crippen LogP contribution in [0.1, 0.15) is 96.1 Å². The van der Waals surface area contributed by atoms with Gasteiger partial charge in [-0.3, -0.25) is 5.32 Å². The Labute approximate surface area is 174 Å². The second kappa shape index (κ2) is 11.5. The van der Waals surface area contributed by atoms with Gasteiger partial charge in [0, 0.05) is 5.69 Å². The number of nitrogens with zero attached hydrogens (tertiary/aromatic N) is 4. The highest BCUT2D eigenvalue weighted by molar-refractivity contribution is 5.99. The molecule has 1 aromatic heterocycles. The minimum atomic E-state index is -0.348. The zero-order valence-corrected chi connectivity index (χ0v) is 18.5. The molecule has 1 aromatic carbocycles. The number of aryl methyl sites for hydroxylation is 1. The van der Waals surface area contributed by atoms with Crippen molar-refractivity contribution in [2.45, 2.75) is 91.5 Å². The highest BCUT2D eigenvalue weighted by atomic mass is 16.2. The molecule has 0 unspecified atom stereocenters. The van der Waals surface area contributed by atoms with Crippen molar-refractivity contribution in [3.05, 3.63) is 29.3 Å². The molecule has 1 heterocycles. The lowest BCUT2D eigenvalue weighted by atomic mass is 9.93. The fraction of sp³-hybridized carbons (Fsp3) is 0.636. The highest BCUT2D eigenvalue weighted by Crippen LogP contribution is 2.32. The Bertz CT molecular complexity index is 742. The lowest BCUT2D eigenvalue weighted by molar-refractivity contribution is 0.262. The average molecular weight is 401 g/mol. The van der Waals surface area contributed by atoms with E-state index in [4.69, 9.17) is 0 Å². The van der Waals surface area contributed by atoms with Crippen LogP contribution in [0.3, 0.4) is 0 Å². The van der Waals surface area contributed by atoms with Crippen LogP contribution in [0.5, 0.6) is 0 Å². The Morgan fingerprint density at radius 3 is 2.21 bits per heavy atom. The molecule has 0 aliphatic carbocycles. The number of hydrogen-bond donors (Lipinski definition) is 2. The first-order chi connectivity index (χ1) is 13.9. The SMILES string of the molecule is CCCCCCCCn1nnc(NC(=O)Nc2c(C(C)C)cccc2C(C)C)n1. The first-order valence-corrected chi connectivity index (χ1v) is 10.9. The number of tetrazole rings is 1. The Balaban J connectivity index is 1.93. The molecule has 2 rings (SSSR count). The maximum Gasteiger partial charge on any atom is 0.326 e. The molecule has 0 fully saturated rings. The monoisotopic (exact) mass is 400 g/mol. The molecule has 160 valence electrons. The number of urea groups is 1. The third-order valence-corrected chi connectivity index (χ3v) is 5.00. The molecule has 2 amide bonds. The Morgan fingerprint density at radius 2 is 1.59 bits per heavy atom. The largest absolute Gasteiger partial charge is 0.326 e. The lowest BCUT2D eigenvalue weighted by Crippen LogP contribution is -2.22. The average Bonchev–Trinajstić information content (AvgIpc) is 3.11. The van der Waals surface area contributed by atoms with Crippen LogP contribution >= 0.6 is 0 Å². The summed E-state index contributed by atoms with van der Waals surface area (Å²) < 4.78 is 0. The van der Waals surface area contributed by atoms with Crippen LogP contribution in [0.2, 0.25) is 0 Å². The van der Waals surface area contributed by atoms with Gasteiger partial charge in [0.1, 0.15) is 0 Å². The van der Waals surface area contributed by atoms with Gasteiger partial charge in [0.15, 0.2) is 0 Å². The molecule has 0 saturated carbocycles. The topological polar surface area (TPSA) is 84.7 Å². The molecule has 0 aliphatic rings. The van der Waals surface area contributed by atoms with E-state index in [1.54, 1.807) is 4.80 Å². The van der Waals surface area contributed by atoms with Gasteiger partial charge >= 0.3 is 6.03 Å². The van der Waals surface area contributed by atoms with Gasteiger partial charge in [-0.15, -0.1) is 5.10 Å². The number of carbonyl (C=O) groups is 1. The van der Waals surface area contributed by atoms with Crippen LogP contribution in [0.15, 0.2) is 18.2 Å². The molecule has 2 N–H and O–H groups in total. The van der Waals surface area contributed by atoms with Gasteiger partial charge in [-0.1, -0.05) is 90.0 Å². The van der Waals surface area contributed by atoms with E-state index in [2.05, 4.69) is 72.8 Å². The predicted octanol–water partition coefficient (Wildman–Crippen LogP) is 5.92. The van der Waals surface area contributed by atoms with Gasteiger partial charge in [-0.25, -0.2) is 4.79 Å². The summed E-state index contributed by atoms with van der Waals surface area (Å²) >= 11 is 0. The van der Waals surface area contributed by atoms with E-state index in [1.165, 1.54) is 25.7 Å². The zero-order chi connectivity index (χ0) is 21.2. The number of nitrogens with one attached hydrogen (secondary N) is 2. The zero-order valence-electron chi connectivity index (χ0n) is 18.5. The smallest absolute Gasteiger partial charge is 0.307 e. The summed E-state index contributed by atoms with van der Waals surface area (Å²) in [6.07, 6.45) is 7.25. The quantitative estimate of drug-likeness (QED) is 0.458. The second-order valence-corrected chi connectivity index (χ2v) is 8.18. The van der Waals surface area contributed by atoms with E-state index in [0.29, 0.717) is 11.8 Å². The van der Waals surface area contributed by atoms with Gasteiger partial charge in [-0.05, 0) is 34.6 Å². The molecule has 0 spiro atoms. The van der Waals surface area contributed by atoms with Gasteiger partial charge in [0.05, 0.1) is 6.54 Å². The first kappa shape index (κ1) is 22.8. The highest BCUT2D eigenvalue weighted by Gasteiger charge is 2.17. The van der Waals surface area contributed by atoms with Crippen LogP contribution in [-0.2, 0) is 6.54 Å². The van der Waals surface area contributed by atoms with Crippen molar-refractivity contribution in [1.82, 2.24) is 20.2 Å². The summed E-state index contributed by atoms with van der Waals surface area (Å²) in [6, 6.07) is 5.81. The number of carbonyl (C=O) groups excluding carboxylic acids is 1. The Morgan fingerprint density at radius 1 is 0.966 bits per heavy atom. The molecule has 0 aliphatic heterocycles. The van der Waals surface area contributed by atoms with E-state index in [0.717, 1.165) is 36.2 Å². The first-order valence-electron chi connectivity index (χ1n) is 10.9. The third-order valence-electron chi connectivity index (χ3n) is 5.00. The standard InChI is InChI=1S/C22H36N6O/c1-6-7-8-9-10-11-15-28-26-21(25-27-28)24-22(29)23-20-18(16(2)3)13-12-14-19(20)17(4)5/h12-14,16-17H,6-11,15H2,1-5H3,(H2,23,24,26,29). The van der Waals surface area contributed by atoms with Crippen LogP contribution in [0.4, 0.5) is 16.4 Å². The summed E-state index contributed by atoms with van der Waals surface area (Å²) in [5.41, 5.74) is 3.10. The van der Waals surface area contributed by atoms with E-state index in [9.17, 15) is 4.79 Å². The van der Waals surface area contributed by atoms with E-state index in [-0.39, 0.29) is 12.0 Å². The summed E-state index contributed by atoms with van der Waals surface area (Å²) in [4.78, 5) is 14.1. The molecule has 0 bridgehead atoms. The van der Waals surface area contributed by atoms with Gasteiger partial charge in [0.2, 0.25) is 0 Å². The van der Waals surface area contributed by atoms with Gasteiger partial charge in [0.25, 0.3) is 5.95 Å². The van der Waals surface area contributed by atoms with Crippen molar-refractivity contribution in [2.24, 2.45) is 0 Å². The van der Waals surface area contributed by atoms with Gasteiger partial charge < -0.3 is 5.32 Å². The summed E-state index contributed by atoms with van der Waals surface area (Å²) in [7, 11) is 0. The van der Waals surface area contributed by atoms with Crippen molar-refractivity contribution >= 4 is 17.7 Å². The van der Waals surface area contributed by atoms with Crippen LogP contribution in [0.25, 0.3) is 0 Å². The van der Waals surface area contributed by atoms with E-state index in [1.807, 2.05) is 6.07 Å². The number of para-hydroxylation sites is 1. The Hall–Kier alpha value is -2.44. The number of benzene rings is 1. The van der Waals surface area contributed by atoms with Crippen molar-refractivity contribution in [3.8, 4) is 0 Å². The molecular weight excluding hydrogens is 364 g/mol. The molecular formula is C22H36N6O. The molecule has 29 heavy (non-hydrogen) atoms. The normalized spacial score (nSPS) is 11.3. The van der Waals surface area contributed by atoms with Gasteiger partial charge in [-0.2, -0.15) is 4.80 Å². The summed E-state index contributed by atoms with van der Waals surface area (Å²) in [5, 5.41) is 18.0. The van der Waals surface area contributed by atoms with Crippen molar-refractivity contribution in [1.29, 1.82) is 0 Å². The van der Waals surface area contributed by atoms with Crippen LogP contribution in [-0.4, -0.2) is 26.2 Å². The van der Waals surface area contributed by atoms with E-state index >= 15 is 0 Å². The third kappa shape index (κ3) is 7.15. The Kier molecular flexibility index (Phi) is 9.09. The number of anilines is 2. The number of unbranched alkanes of at least 4 members (excludes halogenated alkanes) is 5. The lowest BCUT2D eigenvalue weighted by Gasteiger charge is -2.20. The molecule has 7 nitrogen and oxygen atoms in total. The fourth-order valence-electron chi connectivity index (χ4n) is 3.36. The predicted molar refractivity (Wildman–Crippen MR) is 118 cm³/mol. The summed E-state index contributed by atoms with van der Waals surface area (Å²) in [5.74, 6) is 0.835. The van der Waals surface area contributed by atoms with Crippen LogP contribution in [0, 0.1) is 0 Å². The van der Waals surface area contributed by atoms with Crippen LogP contribution < -0.4 is 10.6 Å². The number of aromatic nitrogens is 4. The van der Waals surface area contributed by atoms with Crippen molar-refractivity contribution in [2.75, 3.05) is 10.6 Å². The number of rotatable bonds is 11. The van der Waals surface area contributed by atoms with Crippen molar-refractivity contribution in [3.63, 3.8) is 0 Å². The maximum atomic E-state index is 12.6. The minimum absolute atomic E-state index is 0.224. The molecule has 0 radical (unpaired) electrons. The molecule has 0 saturated heterocycles. The van der Waals surface area contributed by atoms with Crippen molar-refractivity contribution < 1.29 is 4.79 Å². The fourth-order valence-corrected chi connectivity index (χ4v) is 3.36. The van der Waals surface area contributed by atoms with E-state index < -0.39 is 0 Å².